The van der Waals surface area contributed by atoms with E-state index in [9.17, 15) is 9.59 Å². The number of hydrogen-bond acceptors (Lipinski definition) is 3. The molecular formula is C17H19N3O2. The second kappa shape index (κ2) is 6.85. The van der Waals surface area contributed by atoms with Crippen LogP contribution >= 0.6 is 0 Å². The Hall–Kier alpha value is -2.69. The molecule has 5 nitrogen and oxygen atoms in total. The lowest BCUT2D eigenvalue weighted by atomic mass is 10.1. The Morgan fingerprint density at radius 1 is 1.09 bits per heavy atom. The van der Waals surface area contributed by atoms with Crippen LogP contribution in [0, 0.1) is 13.8 Å². The number of rotatable bonds is 4. The molecular weight excluding hydrogens is 278 g/mol. The van der Waals surface area contributed by atoms with E-state index >= 15 is 0 Å². The summed E-state index contributed by atoms with van der Waals surface area (Å²) in [7, 11) is 0. The van der Waals surface area contributed by atoms with Crippen LogP contribution in [0.25, 0.3) is 0 Å². The van der Waals surface area contributed by atoms with Gasteiger partial charge in [-0.2, -0.15) is 0 Å². The zero-order valence-electron chi connectivity index (χ0n) is 12.9. The van der Waals surface area contributed by atoms with E-state index < -0.39 is 6.04 Å². The van der Waals surface area contributed by atoms with Crippen LogP contribution in [-0.4, -0.2) is 22.8 Å². The monoisotopic (exact) mass is 297 g/mol. The highest BCUT2D eigenvalue weighted by atomic mass is 16.2. The number of amides is 2. The molecule has 2 rings (SSSR count). The topological polar surface area (TPSA) is 71.1 Å². The summed E-state index contributed by atoms with van der Waals surface area (Å²) < 4.78 is 0. The van der Waals surface area contributed by atoms with Crippen molar-refractivity contribution < 1.29 is 9.59 Å². The summed E-state index contributed by atoms with van der Waals surface area (Å²) in [5.41, 5.74) is 2.54. The van der Waals surface area contributed by atoms with Crippen LogP contribution in [0.15, 0.2) is 42.6 Å². The molecule has 0 saturated carbocycles. The molecule has 1 aromatic carbocycles. The number of anilines is 1. The molecule has 2 amide bonds. The molecule has 1 atom stereocenters. The molecule has 0 aliphatic carbocycles. The molecule has 0 spiro atoms. The van der Waals surface area contributed by atoms with Crippen LogP contribution in [-0.2, 0) is 4.79 Å². The minimum absolute atomic E-state index is 0.275. The zero-order valence-corrected chi connectivity index (χ0v) is 12.9. The number of carbonyl (C=O) groups excluding carboxylic acids is 2. The van der Waals surface area contributed by atoms with E-state index in [4.69, 9.17) is 0 Å². The summed E-state index contributed by atoms with van der Waals surface area (Å²) in [4.78, 5) is 28.3. The fraction of sp³-hybridized carbons (Fsp3) is 0.235. The second-order valence-corrected chi connectivity index (χ2v) is 5.27. The molecule has 0 radical (unpaired) electrons. The first kappa shape index (κ1) is 15.7. The minimum atomic E-state index is -0.656. The quantitative estimate of drug-likeness (QED) is 0.910. The van der Waals surface area contributed by atoms with Crippen molar-refractivity contribution in [3.8, 4) is 0 Å². The molecule has 0 fully saturated rings. The molecule has 0 aliphatic rings. The van der Waals surface area contributed by atoms with E-state index in [0.717, 1.165) is 11.1 Å². The number of nitrogens with one attached hydrogen (secondary N) is 2. The number of benzene rings is 1. The average molecular weight is 297 g/mol. The van der Waals surface area contributed by atoms with E-state index in [0.29, 0.717) is 11.4 Å². The first-order valence-corrected chi connectivity index (χ1v) is 7.07. The summed E-state index contributed by atoms with van der Waals surface area (Å²) >= 11 is 0. The minimum Gasteiger partial charge on any atom is -0.341 e. The van der Waals surface area contributed by atoms with Crippen LogP contribution < -0.4 is 10.6 Å². The van der Waals surface area contributed by atoms with Gasteiger partial charge in [-0.1, -0.05) is 23.8 Å². The lowest BCUT2D eigenvalue weighted by Crippen LogP contribution is -2.41. The zero-order chi connectivity index (χ0) is 16.1. The van der Waals surface area contributed by atoms with Crippen molar-refractivity contribution in [3.63, 3.8) is 0 Å². The largest absolute Gasteiger partial charge is 0.341 e. The van der Waals surface area contributed by atoms with E-state index in [1.807, 2.05) is 32.0 Å². The highest BCUT2D eigenvalue weighted by Gasteiger charge is 2.17. The van der Waals surface area contributed by atoms with Crippen LogP contribution in [0.3, 0.4) is 0 Å². The Labute approximate surface area is 129 Å². The van der Waals surface area contributed by atoms with Crippen LogP contribution in [0.5, 0.6) is 0 Å². The Morgan fingerprint density at radius 2 is 1.86 bits per heavy atom. The van der Waals surface area contributed by atoms with Crippen molar-refractivity contribution in [1.82, 2.24) is 10.3 Å². The van der Waals surface area contributed by atoms with Gasteiger partial charge in [-0.25, -0.2) is 4.98 Å². The molecule has 22 heavy (non-hydrogen) atoms. The molecule has 114 valence electrons. The molecule has 0 bridgehead atoms. The maximum atomic E-state index is 12.1. The SMILES string of the molecule is Cc1ccc(NC(=O)[C@@H](C)NC(=O)c2cccc(C)c2)nc1. The van der Waals surface area contributed by atoms with Gasteiger partial charge < -0.3 is 10.6 Å². The summed E-state index contributed by atoms with van der Waals surface area (Å²) in [5, 5.41) is 5.35. The molecule has 2 N–H and O–H groups in total. The number of aryl methyl sites for hydroxylation is 2. The Balaban J connectivity index is 1.96. The molecule has 5 heteroatoms. The fourth-order valence-electron chi connectivity index (χ4n) is 1.91. The van der Waals surface area contributed by atoms with Crippen molar-refractivity contribution in [2.24, 2.45) is 0 Å². The summed E-state index contributed by atoms with van der Waals surface area (Å²) in [6.45, 7) is 5.47. The lowest BCUT2D eigenvalue weighted by molar-refractivity contribution is -0.117. The predicted molar refractivity (Wildman–Crippen MR) is 85.7 cm³/mol. The predicted octanol–water partition coefficient (Wildman–Crippen LogP) is 2.46. The Bertz CT molecular complexity index is 681. The molecule has 1 heterocycles. The van der Waals surface area contributed by atoms with Gasteiger partial charge >= 0.3 is 0 Å². The van der Waals surface area contributed by atoms with E-state index in [2.05, 4.69) is 15.6 Å². The van der Waals surface area contributed by atoms with Crippen LogP contribution in [0.4, 0.5) is 5.82 Å². The molecule has 2 aromatic rings. The van der Waals surface area contributed by atoms with Gasteiger partial charge in [0.1, 0.15) is 11.9 Å². The number of hydrogen-bond donors (Lipinski definition) is 2. The molecule has 1 aromatic heterocycles. The molecule has 0 saturated heterocycles. The first-order valence-electron chi connectivity index (χ1n) is 7.07. The maximum absolute atomic E-state index is 12.1. The number of nitrogens with zero attached hydrogens (tertiary/aromatic N) is 1. The van der Waals surface area contributed by atoms with Gasteiger partial charge in [-0.05, 0) is 44.5 Å². The van der Waals surface area contributed by atoms with Crippen molar-refractivity contribution in [3.05, 3.63) is 59.3 Å². The standard InChI is InChI=1S/C17H19N3O2/c1-11-5-4-6-14(9-11)17(22)19-13(3)16(21)20-15-8-7-12(2)10-18-15/h4-10,13H,1-3H3,(H,19,22)(H,18,20,21)/t13-/m1/s1. The van der Waals surface area contributed by atoms with Gasteiger partial charge in [0.2, 0.25) is 5.91 Å². The number of aromatic nitrogens is 1. The highest BCUT2D eigenvalue weighted by Crippen LogP contribution is 2.06. The summed E-state index contributed by atoms with van der Waals surface area (Å²) in [6, 6.07) is 10.1. The highest BCUT2D eigenvalue weighted by molar-refractivity contribution is 6.00. The molecule has 0 aliphatic heterocycles. The number of carbonyl (C=O) groups is 2. The Morgan fingerprint density at radius 3 is 2.50 bits per heavy atom. The van der Waals surface area contributed by atoms with E-state index in [-0.39, 0.29) is 11.8 Å². The number of pyridine rings is 1. The average Bonchev–Trinajstić information content (AvgIpc) is 2.49. The lowest BCUT2D eigenvalue weighted by Gasteiger charge is -2.14. The smallest absolute Gasteiger partial charge is 0.251 e. The Kier molecular flexibility index (Phi) is 4.88. The van der Waals surface area contributed by atoms with Crippen molar-refractivity contribution in [2.45, 2.75) is 26.8 Å². The second-order valence-electron chi connectivity index (χ2n) is 5.27. The third-order valence-electron chi connectivity index (χ3n) is 3.18. The van der Waals surface area contributed by atoms with Crippen LogP contribution in [0.2, 0.25) is 0 Å². The molecule has 0 unspecified atom stereocenters. The van der Waals surface area contributed by atoms with Gasteiger partial charge in [0.25, 0.3) is 5.91 Å². The van der Waals surface area contributed by atoms with E-state index in [1.165, 1.54) is 0 Å². The summed E-state index contributed by atoms with van der Waals surface area (Å²) in [5.74, 6) is -0.118. The van der Waals surface area contributed by atoms with E-state index in [1.54, 1.807) is 31.3 Å². The van der Waals surface area contributed by atoms with Crippen molar-refractivity contribution in [1.29, 1.82) is 0 Å². The fourth-order valence-corrected chi connectivity index (χ4v) is 1.91. The van der Waals surface area contributed by atoms with Gasteiger partial charge in [0.05, 0.1) is 0 Å². The normalized spacial score (nSPS) is 11.6. The summed E-state index contributed by atoms with van der Waals surface area (Å²) in [6.07, 6.45) is 1.67. The van der Waals surface area contributed by atoms with Gasteiger partial charge in [0, 0.05) is 11.8 Å². The van der Waals surface area contributed by atoms with Crippen molar-refractivity contribution in [2.75, 3.05) is 5.32 Å². The van der Waals surface area contributed by atoms with Crippen molar-refractivity contribution >= 4 is 17.6 Å². The van der Waals surface area contributed by atoms with Gasteiger partial charge in [0.15, 0.2) is 0 Å². The third kappa shape index (κ3) is 4.15. The van der Waals surface area contributed by atoms with Crippen LogP contribution in [0.1, 0.15) is 28.4 Å². The maximum Gasteiger partial charge on any atom is 0.251 e. The van der Waals surface area contributed by atoms with Gasteiger partial charge in [-0.15, -0.1) is 0 Å². The third-order valence-corrected chi connectivity index (χ3v) is 3.18. The van der Waals surface area contributed by atoms with Gasteiger partial charge in [-0.3, -0.25) is 9.59 Å². The first-order chi connectivity index (χ1) is 10.5.